The lowest BCUT2D eigenvalue weighted by Crippen LogP contribution is -2.18. The quantitative estimate of drug-likeness (QED) is 0.399. The lowest BCUT2D eigenvalue weighted by atomic mass is 10.1. The number of hydrogen-bond acceptors (Lipinski definition) is 6. The van der Waals surface area contributed by atoms with Crippen molar-refractivity contribution in [1.29, 1.82) is 0 Å². The van der Waals surface area contributed by atoms with Gasteiger partial charge < -0.3 is 9.88 Å². The van der Waals surface area contributed by atoms with Gasteiger partial charge in [-0.15, -0.1) is 0 Å². The Bertz CT molecular complexity index is 1500. The lowest BCUT2D eigenvalue weighted by Gasteiger charge is -2.10. The van der Waals surface area contributed by atoms with Crippen LogP contribution in [-0.4, -0.2) is 35.4 Å². The van der Waals surface area contributed by atoms with Gasteiger partial charge in [0.15, 0.2) is 0 Å². The van der Waals surface area contributed by atoms with Gasteiger partial charge in [0.05, 0.1) is 23.1 Å². The summed E-state index contributed by atoms with van der Waals surface area (Å²) in [6, 6.07) is 9.29. The maximum absolute atomic E-state index is 13.1. The number of alkyl halides is 3. The van der Waals surface area contributed by atoms with Crippen molar-refractivity contribution in [3.8, 4) is 22.5 Å². The number of anilines is 1. The highest BCUT2D eigenvalue weighted by molar-refractivity contribution is 5.95. The minimum Gasteiger partial charge on any atom is -0.338 e. The van der Waals surface area contributed by atoms with E-state index in [0.717, 1.165) is 17.8 Å². The molecule has 5 aromatic heterocycles. The van der Waals surface area contributed by atoms with E-state index in [0.29, 0.717) is 28.1 Å². The molecule has 0 spiro atoms. The normalized spacial score (nSPS) is 11.5. The number of fused-ring (bicyclic) bond motifs is 1. The predicted octanol–water partition coefficient (Wildman–Crippen LogP) is 4.61. The minimum atomic E-state index is -4.56. The van der Waals surface area contributed by atoms with E-state index in [1.807, 2.05) is 0 Å². The van der Waals surface area contributed by atoms with Gasteiger partial charge in [-0.05, 0) is 36.4 Å². The Morgan fingerprint density at radius 2 is 1.74 bits per heavy atom. The minimum absolute atomic E-state index is 0.0231. The van der Waals surface area contributed by atoms with E-state index in [4.69, 9.17) is 0 Å². The van der Waals surface area contributed by atoms with Gasteiger partial charge in [0.1, 0.15) is 18.1 Å². The molecule has 1 N–H and O–H groups in total. The van der Waals surface area contributed by atoms with Gasteiger partial charge in [0.2, 0.25) is 5.91 Å². The molecule has 8 nitrogen and oxygen atoms in total. The van der Waals surface area contributed by atoms with Crippen LogP contribution in [0.1, 0.15) is 5.69 Å². The van der Waals surface area contributed by atoms with Crippen molar-refractivity contribution >= 4 is 22.6 Å². The van der Waals surface area contributed by atoms with Gasteiger partial charge in [-0.25, -0.2) is 4.98 Å². The SMILES string of the molecule is O=C(Cn1ccc2c(-c3ccnc(C(F)(F)F)c3)nccc21)Nc1ccc(-c2cnccn2)cn1. The Kier molecular flexibility index (Phi) is 5.65. The first kappa shape index (κ1) is 22.1. The van der Waals surface area contributed by atoms with E-state index >= 15 is 0 Å². The summed E-state index contributed by atoms with van der Waals surface area (Å²) in [5.41, 5.74) is 1.74. The summed E-state index contributed by atoms with van der Waals surface area (Å²) in [7, 11) is 0. The van der Waals surface area contributed by atoms with Crippen molar-refractivity contribution in [2.75, 3.05) is 5.32 Å². The molecule has 5 aromatic rings. The van der Waals surface area contributed by atoms with E-state index in [9.17, 15) is 18.0 Å². The van der Waals surface area contributed by atoms with Gasteiger partial charge in [-0.2, -0.15) is 13.2 Å². The average molecular weight is 475 g/mol. The van der Waals surface area contributed by atoms with E-state index in [1.54, 1.807) is 59.8 Å². The topological polar surface area (TPSA) is 98.5 Å². The smallest absolute Gasteiger partial charge is 0.338 e. The third-order valence-corrected chi connectivity index (χ3v) is 5.23. The Morgan fingerprint density at radius 1 is 0.886 bits per heavy atom. The molecule has 11 heteroatoms. The molecule has 0 bridgehead atoms. The van der Waals surface area contributed by atoms with Crippen LogP contribution >= 0.6 is 0 Å². The molecule has 0 aromatic carbocycles. The van der Waals surface area contributed by atoms with E-state index < -0.39 is 11.9 Å². The second-order valence-electron chi connectivity index (χ2n) is 7.53. The molecule has 5 heterocycles. The summed E-state index contributed by atoms with van der Waals surface area (Å²) in [5.74, 6) is 0.0572. The van der Waals surface area contributed by atoms with Crippen molar-refractivity contribution in [2.45, 2.75) is 12.7 Å². The number of carbonyl (C=O) groups is 1. The molecule has 0 fully saturated rings. The molecule has 5 rings (SSSR count). The maximum Gasteiger partial charge on any atom is 0.433 e. The molecule has 0 aliphatic carbocycles. The molecule has 1 amide bonds. The van der Waals surface area contributed by atoms with Crippen LogP contribution in [0.15, 0.2) is 79.8 Å². The lowest BCUT2D eigenvalue weighted by molar-refractivity contribution is -0.141. The standard InChI is InChI=1S/C24H16F3N7O/c25-24(26,27)20-11-15(3-6-30-20)23-17-5-10-34(19(17)4-7-31-23)14-22(35)33-21-2-1-16(12-32-21)18-13-28-8-9-29-18/h1-13H,14H2,(H,32,33,35). The van der Waals surface area contributed by atoms with E-state index in [2.05, 4.69) is 30.2 Å². The van der Waals surface area contributed by atoms with Crippen molar-refractivity contribution in [3.63, 3.8) is 0 Å². The number of rotatable bonds is 5. The fourth-order valence-corrected chi connectivity index (χ4v) is 3.63. The monoisotopic (exact) mass is 475 g/mol. The van der Waals surface area contributed by atoms with Crippen molar-refractivity contribution in [1.82, 2.24) is 29.5 Å². The number of nitrogens with one attached hydrogen (secondary N) is 1. The van der Waals surface area contributed by atoms with Gasteiger partial charge in [-0.1, -0.05) is 0 Å². The molecule has 0 radical (unpaired) electrons. The fraction of sp³-hybridized carbons (Fsp3) is 0.0833. The summed E-state index contributed by atoms with van der Waals surface area (Å²) < 4.78 is 41.0. The van der Waals surface area contributed by atoms with Crippen LogP contribution in [0.2, 0.25) is 0 Å². The van der Waals surface area contributed by atoms with Crippen LogP contribution in [0.25, 0.3) is 33.4 Å². The molecule has 0 saturated heterocycles. The fourth-order valence-electron chi connectivity index (χ4n) is 3.63. The van der Waals surface area contributed by atoms with Crippen LogP contribution in [0.3, 0.4) is 0 Å². The Labute approximate surface area is 196 Å². The molecular formula is C24H16F3N7O. The van der Waals surface area contributed by atoms with Crippen LogP contribution in [0.5, 0.6) is 0 Å². The largest absolute Gasteiger partial charge is 0.433 e. The highest BCUT2D eigenvalue weighted by atomic mass is 19.4. The summed E-state index contributed by atoms with van der Waals surface area (Å²) in [6.07, 6.45) is 6.08. The number of pyridine rings is 3. The van der Waals surface area contributed by atoms with Crippen molar-refractivity contribution in [2.24, 2.45) is 0 Å². The van der Waals surface area contributed by atoms with Crippen LogP contribution in [-0.2, 0) is 17.5 Å². The zero-order chi connectivity index (χ0) is 24.4. The Morgan fingerprint density at radius 3 is 2.49 bits per heavy atom. The molecule has 0 aliphatic rings. The summed E-state index contributed by atoms with van der Waals surface area (Å²) >= 11 is 0. The number of nitrogens with zero attached hydrogens (tertiary/aromatic N) is 6. The zero-order valence-electron chi connectivity index (χ0n) is 17.9. The first-order valence-electron chi connectivity index (χ1n) is 10.4. The summed E-state index contributed by atoms with van der Waals surface area (Å²) in [4.78, 5) is 32.8. The second kappa shape index (κ2) is 8.93. The highest BCUT2D eigenvalue weighted by Crippen LogP contribution is 2.32. The van der Waals surface area contributed by atoms with Gasteiger partial charge >= 0.3 is 6.18 Å². The van der Waals surface area contributed by atoms with E-state index in [1.165, 1.54) is 12.3 Å². The van der Waals surface area contributed by atoms with E-state index in [-0.39, 0.29) is 18.0 Å². The Hall–Kier alpha value is -4.67. The van der Waals surface area contributed by atoms with Gasteiger partial charge in [0.25, 0.3) is 0 Å². The molecule has 0 unspecified atom stereocenters. The van der Waals surface area contributed by atoms with Crippen LogP contribution in [0, 0.1) is 0 Å². The van der Waals surface area contributed by atoms with Gasteiger partial charge in [-0.3, -0.25) is 24.7 Å². The highest BCUT2D eigenvalue weighted by Gasteiger charge is 2.32. The predicted molar refractivity (Wildman–Crippen MR) is 122 cm³/mol. The summed E-state index contributed by atoms with van der Waals surface area (Å²) in [6.45, 7) is -0.0231. The maximum atomic E-state index is 13.1. The number of aromatic nitrogens is 6. The average Bonchev–Trinajstić information content (AvgIpc) is 3.27. The zero-order valence-corrected chi connectivity index (χ0v) is 17.9. The molecule has 0 atom stereocenters. The molecule has 35 heavy (non-hydrogen) atoms. The number of halogens is 3. The first-order chi connectivity index (χ1) is 16.9. The first-order valence-corrected chi connectivity index (χ1v) is 10.4. The molecule has 0 aliphatic heterocycles. The van der Waals surface area contributed by atoms with Crippen molar-refractivity contribution in [3.05, 3.63) is 85.5 Å². The van der Waals surface area contributed by atoms with Gasteiger partial charge in [0, 0.05) is 53.7 Å². The molecule has 174 valence electrons. The molecular weight excluding hydrogens is 459 g/mol. The van der Waals surface area contributed by atoms with Crippen molar-refractivity contribution < 1.29 is 18.0 Å². The molecule has 0 saturated carbocycles. The second-order valence-corrected chi connectivity index (χ2v) is 7.53. The van der Waals surface area contributed by atoms with Crippen LogP contribution < -0.4 is 5.32 Å². The number of hydrogen-bond donors (Lipinski definition) is 1. The Balaban J connectivity index is 1.35. The van der Waals surface area contributed by atoms with Crippen LogP contribution in [0.4, 0.5) is 19.0 Å². The summed E-state index contributed by atoms with van der Waals surface area (Å²) in [5, 5.41) is 3.35. The number of carbonyl (C=O) groups excluding carboxylic acids is 1. The third kappa shape index (κ3) is 4.69. The number of amides is 1. The third-order valence-electron chi connectivity index (χ3n) is 5.23.